The van der Waals surface area contributed by atoms with E-state index in [1.54, 1.807) is 36.4 Å². The molecule has 0 fully saturated rings. The van der Waals surface area contributed by atoms with E-state index in [2.05, 4.69) is 0 Å². The minimum Gasteiger partial charge on any atom is -0.455 e. The third-order valence-corrected chi connectivity index (χ3v) is 12.0. The first-order chi connectivity index (χ1) is 38.1. The Balaban J connectivity index is 1.14. The highest BCUT2D eigenvalue weighted by Gasteiger charge is 2.37. The predicted molar refractivity (Wildman–Crippen MR) is 265 cm³/mol. The van der Waals surface area contributed by atoms with Gasteiger partial charge in [-0.25, -0.2) is 0 Å². The van der Waals surface area contributed by atoms with Gasteiger partial charge in [-0.1, -0.05) is 196 Å². The molecular formula is C61H43NO. The van der Waals surface area contributed by atoms with Crippen molar-refractivity contribution >= 4 is 49.8 Å². The SMILES string of the molecule is [2H]c1c([2H])c([2H])c(-c2c([2H])c([2H])c(-c3c([2H])c([2H])c(N(c4ccccc4-c4cccc5oc6c7ccccc7ccc6c45)c4c([2H])c([2H])c(-c5cccc6c5C(C)(C)c5ccccc5-6)c([2H])c4[2H])c([2H])c3[2H])c([2H])c2[2H])c([2H])c1[2H]. The number of nitrogens with zero attached hydrogens (tertiary/aromatic N) is 1. The lowest BCUT2D eigenvalue weighted by molar-refractivity contribution is 0.662. The van der Waals surface area contributed by atoms with Gasteiger partial charge in [0.15, 0.2) is 0 Å². The van der Waals surface area contributed by atoms with Crippen molar-refractivity contribution in [2.75, 3.05) is 4.90 Å². The molecule has 298 valence electrons. The van der Waals surface area contributed by atoms with E-state index >= 15 is 0 Å². The van der Waals surface area contributed by atoms with E-state index in [0.717, 1.165) is 38.4 Å². The number of hydrogen-bond acceptors (Lipinski definition) is 2. The maximum absolute atomic E-state index is 10.0. The summed E-state index contributed by atoms with van der Waals surface area (Å²) < 4.78 is 164. The van der Waals surface area contributed by atoms with Crippen molar-refractivity contribution < 1.29 is 27.7 Å². The topological polar surface area (TPSA) is 16.4 Å². The van der Waals surface area contributed by atoms with Crippen LogP contribution >= 0.6 is 0 Å². The van der Waals surface area contributed by atoms with Crippen LogP contribution in [0, 0.1) is 0 Å². The van der Waals surface area contributed by atoms with Gasteiger partial charge >= 0.3 is 0 Å². The average Bonchev–Trinajstić information content (AvgIpc) is 2.92. The van der Waals surface area contributed by atoms with Crippen LogP contribution in [-0.2, 0) is 5.41 Å². The monoisotopic (exact) mass is 822 g/mol. The zero-order valence-corrected chi connectivity index (χ0v) is 33.9. The van der Waals surface area contributed by atoms with Gasteiger partial charge in [-0.3, -0.25) is 0 Å². The van der Waals surface area contributed by atoms with Crippen LogP contribution in [0.3, 0.4) is 0 Å². The summed E-state index contributed by atoms with van der Waals surface area (Å²) in [5.41, 5.74) is 2.18. The number of fused-ring (bicyclic) bond motifs is 8. The van der Waals surface area contributed by atoms with E-state index in [4.69, 9.17) is 14.0 Å². The molecule has 10 aromatic carbocycles. The standard InChI is InChI=1S/C61H43NO/c1-61(2)55-23-10-8-18-50(55)53-22-12-20-48(59(53)61)45-32-37-47(38-33-45)62(46-35-30-43(31-36-46)42-28-26-41(27-29-42)40-14-4-3-5-15-40)56-24-11-9-19-51(56)52-21-13-25-57-58(52)54-39-34-44-16-6-7-17-49(44)60(54)63-57/h3-39H,1-2H3/i3D,4D,5D,14D,15D,26D,27D,28D,29D,30D,31D,32D,33D,35D,36D,37D,38D. The van der Waals surface area contributed by atoms with Gasteiger partial charge in [0, 0.05) is 38.5 Å². The second kappa shape index (κ2) is 14.6. The molecule has 0 saturated carbocycles. The highest BCUT2D eigenvalue weighted by molar-refractivity contribution is 6.19. The maximum Gasteiger partial charge on any atom is 0.143 e. The number of furan rings is 1. The molecule has 1 aromatic heterocycles. The summed E-state index contributed by atoms with van der Waals surface area (Å²) in [4.78, 5) is 1.19. The van der Waals surface area contributed by atoms with E-state index in [1.165, 1.54) is 4.90 Å². The molecule has 63 heavy (non-hydrogen) atoms. The number of anilines is 3. The van der Waals surface area contributed by atoms with Crippen molar-refractivity contribution in [1.29, 1.82) is 0 Å². The van der Waals surface area contributed by atoms with Crippen LogP contribution in [0.5, 0.6) is 0 Å². The fraction of sp³-hybridized carbons (Fsp3) is 0.0492. The number of benzene rings is 10. The van der Waals surface area contributed by atoms with Gasteiger partial charge in [-0.15, -0.1) is 0 Å². The van der Waals surface area contributed by atoms with Gasteiger partial charge in [0.1, 0.15) is 11.2 Å². The molecule has 11 aromatic rings. The summed E-state index contributed by atoms with van der Waals surface area (Å²) in [6.07, 6.45) is 0. The minimum atomic E-state index is -0.884. The third-order valence-electron chi connectivity index (χ3n) is 12.0. The van der Waals surface area contributed by atoms with Crippen LogP contribution in [0.15, 0.2) is 228 Å². The lowest BCUT2D eigenvalue weighted by Crippen LogP contribution is -2.16. The molecule has 0 aliphatic heterocycles. The minimum absolute atomic E-state index is 0.00175. The molecular weight excluding hydrogens is 763 g/mol. The molecule has 0 radical (unpaired) electrons. The fourth-order valence-electron chi connectivity index (χ4n) is 9.12. The first kappa shape index (κ1) is 23.3. The lowest BCUT2D eigenvalue weighted by atomic mass is 9.79. The molecule has 12 rings (SSSR count). The number of hydrogen-bond donors (Lipinski definition) is 0. The van der Waals surface area contributed by atoms with Crippen LogP contribution in [0.4, 0.5) is 17.1 Å². The Kier molecular flexibility index (Phi) is 5.41. The van der Waals surface area contributed by atoms with Crippen molar-refractivity contribution in [3.8, 4) is 55.6 Å². The Bertz CT molecular complexity index is 4450. The highest BCUT2D eigenvalue weighted by atomic mass is 16.3. The van der Waals surface area contributed by atoms with E-state index < -0.39 is 142 Å². The zero-order chi connectivity index (χ0) is 56.9. The molecule has 2 heteroatoms. The summed E-state index contributed by atoms with van der Waals surface area (Å²) in [6.45, 7) is 4.09. The van der Waals surface area contributed by atoms with Crippen molar-refractivity contribution in [2.45, 2.75) is 19.3 Å². The Morgan fingerprint density at radius 2 is 0.984 bits per heavy atom. The molecule has 0 bridgehead atoms. The average molecular weight is 823 g/mol. The number of rotatable bonds is 7. The van der Waals surface area contributed by atoms with Crippen molar-refractivity contribution in [1.82, 2.24) is 0 Å². The second-order valence-electron chi connectivity index (χ2n) is 15.9. The van der Waals surface area contributed by atoms with E-state index in [0.29, 0.717) is 33.2 Å². The normalized spacial score (nSPS) is 16.5. The highest BCUT2D eigenvalue weighted by Crippen LogP contribution is 2.52. The molecule has 1 aliphatic carbocycles. The summed E-state index contributed by atoms with van der Waals surface area (Å²) in [5, 5.41) is 3.21. The Morgan fingerprint density at radius 3 is 1.73 bits per heavy atom. The number of para-hydroxylation sites is 1. The molecule has 2 nitrogen and oxygen atoms in total. The summed E-state index contributed by atoms with van der Waals surface area (Å²) in [5.74, 6) is 0. The first-order valence-corrected chi connectivity index (χ1v) is 20.5. The lowest BCUT2D eigenvalue weighted by Gasteiger charge is -2.29. The smallest absolute Gasteiger partial charge is 0.143 e. The van der Waals surface area contributed by atoms with Gasteiger partial charge in [0.05, 0.1) is 29.0 Å². The largest absolute Gasteiger partial charge is 0.455 e. The molecule has 1 aliphatic rings. The summed E-state index contributed by atoms with van der Waals surface area (Å²) in [6, 6.07) is 24.6. The van der Waals surface area contributed by atoms with Crippen molar-refractivity contribution in [2.24, 2.45) is 0 Å². The fourth-order valence-corrected chi connectivity index (χ4v) is 9.12. The predicted octanol–water partition coefficient (Wildman–Crippen LogP) is 17.2. The zero-order valence-electron chi connectivity index (χ0n) is 50.9. The molecule has 1 heterocycles. The van der Waals surface area contributed by atoms with Crippen LogP contribution in [-0.4, -0.2) is 0 Å². The van der Waals surface area contributed by atoms with Crippen LogP contribution < -0.4 is 4.90 Å². The van der Waals surface area contributed by atoms with E-state index in [1.807, 2.05) is 98.8 Å². The molecule has 0 atom stereocenters. The molecule has 0 N–H and O–H groups in total. The van der Waals surface area contributed by atoms with Gasteiger partial charge < -0.3 is 9.32 Å². The first-order valence-electron chi connectivity index (χ1n) is 29.0. The van der Waals surface area contributed by atoms with Gasteiger partial charge in [-0.2, -0.15) is 0 Å². The Labute approximate surface area is 391 Å². The van der Waals surface area contributed by atoms with Crippen molar-refractivity contribution in [3.05, 3.63) is 235 Å². The van der Waals surface area contributed by atoms with E-state index in [9.17, 15) is 13.7 Å². The Morgan fingerprint density at radius 1 is 0.429 bits per heavy atom. The van der Waals surface area contributed by atoms with E-state index in [-0.39, 0.29) is 11.3 Å². The molecule has 0 saturated heterocycles. The van der Waals surface area contributed by atoms with Crippen molar-refractivity contribution in [3.63, 3.8) is 0 Å². The van der Waals surface area contributed by atoms with Crippen LogP contribution in [0.1, 0.15) is 48.3 Å². The van der Waals surface area contributed by atoms with Gasteiger partial charge in [-0.05, 0) is 109 Å². The van der Waals surface area contributed by atoms with Crippen LogP contribution in [0.2, 0.25) is 0 Å². The molecule has 0 amide bonds. The quantitative estimate of drug-likeness (QED) is 0.159. The Hall–Kier alpha value is -7.94. The maximum atomic E-state index is 10.0. The summed E-state index contributed by atoms with van der Waals surface area (Å²) in [7, 11) is 0. The van der Waals surface area contributed by atoms with Gasteiger partial charge in [0.2, 0.25) is 0 Å². The summed E-state index contributed by atoms with van der Waals surface area (Å²) >= 11 is 0. The van der Waals surface area contributed by atoms with Gasteiger partial charge in [0.25, 0.3) is 0 Å². The second-order valence-corrected chi connectivity index (χ2v) is 15.9. The van der Waals surface area contributed by atoms with Crippen LogP contribution in [0.25, 0.3) is 88.3 Å². The molecule has 0 unspecified atom stereocenters. The third kappa shape index (κ3) is 6.02. The molecule has 0 spiro atoms.